The number of aromatic amines is 1. The highest BCUT2D eigenvalue weighted by Crippen LogP contribution is 2.25. The summed E-state index contributed by atoms with van der Waals surface area (Å²) >= 11 is 0. The van der Waals surface area contributed by atoms with E-state index in [2.05, 4.69) is 21.9 Å². The summed E-state index contributed by atoms with van der Waals surface area (Å²) in [6, 6.07) is 9.80. The molecule has 0 unspecified atom stereocenters. The Morgan fingerprint density at radius 1 is 1.05 bits per heavy atom. The third-order valence-electron chi connectivity index (χ3n) is 3.27. The molecule has 0 amide bonds. The van der Waals surface area contributed by atoms with Crippen LogP contribution >= 0.6 is 0 Å². The van der Waals surface area contributed by atoms with Crippen molar-refractivity contribution in [1.29, 1.82) is 0 Å². The van der Waals surface area contributed by atoms with Gasteiger partial charge in [0.2, 0.25) is 0 Å². The topological polar surface area (TPSA) is 50.8 Å². The molecule has 0 atom stereocenters. The number of aromatic nitrogens is 3. The Morgan fingerprint density at radius 2 is 1.85 bits per heavy atom. The van der Waals surface area contributed by atoms with E-state index in [1.807, 2.05) is 42.7 Å². The fraction of sp³-hybridized carbons (Fsp3) is 0.125. The molecule has 0 saturated heterocycles. The molecule has 20 heavy (non-hydrogen) atoms. The first kappa shape index (κ1) is 12.4. The van der Waals surface area contributed by atoms with Crippen molar-refractivity contribution in [1.82, 2.24) is 15.0 Å². The molecule has 2 heterocycles. The molecule has 4 nitrogen and oxygen atoms in total. The second kappa shape index (κ2) is 5.17. The molecule has 0 saturated carbocycles. The van der Waals surface area contributed by atoms with Crippen molar-refractivity contribution < 1.29 is 4.74 Å². The Kier molecular flexibility index (Phi) is 3.21. The molecule has 0 radical (unpaired) electrons. The fourth-order valence-corrected chi connectivity index (χ4v) is 2.10. The lowest BCUT2D eigenvalue weighted by Crippen LogP contribution is -1.86. The lowest BCUT2D eigenvalue weighted by atomic mass is 10.1. The first-order chi connectivity index (χ1) is 9.78. The first-order valence-corrected chi connectivity index (χ1v) is 6.38. The van der Waals surface area contributed by atoms with Crippen LogP contribution in [0.3, 0.4) is 0 Å². The van der Waals surface area contributed by atoms with E-state index >= 15 is 0 Å². The van der Waals surface area contributed by atoms with Crippen LogP contribution in [0, 0.1) is 6.92 Å². The minimum atomic E-state index is 0.837. The zero-order valence-corrected chi connectivity index (χ0v) is 11.4. The van der Waals surface area contributed by atoms with E-state index in [0.29, 0.717) is 0 Å². The number of nitrogens with one attached hydrogen (secondary N) is 1. The highest BCUT2D eigenvalue weighted by Gasteiger charge is 2.07. The smallest absolute Gasteiger partial charge is 0.137 e. The van der Waals surface area contributed by atoms with E-state index in [-0.39, 0.29) is 0 Å². The molecule has 0 bridgehead atoms. The average Bonchev–Trinajstić information content (AvgIpc) is 2.97. The predicted octanol–water partition coefficient (Wildman–Crippen LogP) is 3.46. The van der Waals surface area contributed by atoms with E-state index in [1.54, 1.807) is 13.3 Å². The van der Waals surface area contributed by atoms with Crippen LogP contribution in [0.1, 0.15) is 5.56 Å². The molecule has 2 aromatic heterocycles. The third kappa shape index (κ3) is 2.28. The summed E-state index contributed by atoms with van der Waals surface area (Å²) in [5, 5.41) is 0. The number of hydrogen-bond acceptors (Lipinski definition) is 3. The van der Waals surface area contributed by atoms with Gasteiger partial charge in [0.15, 0.2) is 0 Å². The summed E-state index contributed by atoms with van der Waals surface area (Å²) < 4.78 is 5.16. The van der Waals surface area contributed by atoms with Gasteiger partial charge >= 0.3 is 0 Å². The molecule has 0 aliphatic rings. The lowest BCUT2D eigenvalue weighted by molar-refractivity contribution is 0.415. The number of methoxy groups -OCH3 is 1. The fourth-order valence-electron chi connectivity index (χ4n) is 2.10. The number of rotatable bonds is 3. The van der Waals surface area contributed by atoms with E-state index in [1.165, 1.54) is 5.56 Å². The SMILES string of the molecule is COc1ccc(-c2ncc(-c3cnccc3C)[nH]2)cc1. The summed E-state index contributed by atoms with van der Waals surface area (Å²) in [5.41, 5.74) is 4.24. The van der Waals surface area contributed by atoms with E-state index in [4.69, 9.17) is 4.74 Å². The van der Waals surface area contributed by atoms with Crippen molar-refractivity contribution >= 4 is 0 Å². The van der Waals surface area contributed by atoms with Crippen molar-refractivity contribution in [2.24, 2.45) is 0 Å². The van der Waals surface area contributed by atoms with Crippen molar-refractivity contribution in [3.8, 4) is 28.4 Å². The molecule has 3 rings (SSSR count). The van der Waals surface area contributed by atoms with Gasteiger partial charge in [-0.05, 0) is 42.8 Å². The van der Waals surface area contributed by atoms with Crippen molar-refractivity contribution in [2.45, 2.75) is 6.92 Å². The summed E-state index contributed by atoms with van der Waals surface area (Å²) in [5.74, 6) is 1.68. The summed E-state index contributed by atoms with van der Waals surface area (Å²) in [6.45, 7) is 2.06. The number of aryl methyl sites for hydroxylation is 1. The van der Waals surface area contributed by atoms with Crippen LogP contribution < -0.4 is 4.74 Å². The average molecular weight is 265 g/mol. The van der Waals surface area contributed by atoms with Crippen LogP contribution in [0.15, 0.2) is 48.9 Å². The molecule has 1 N–H and O–H groups in total. The van der Waals surface area contributed by atoms with Gasteiger partial charge in [0, 0.05) is 23.5 Å². The van der Waals surface area contributed by atoms with Gasteiger partial charge < -0.3 is 9.72 Å². The maximum atomic E-state index is 5.16. The second-order valence-corrected chi connectivity index (χ2v) is 4.56. The van der Waals surface area contributed by atoms with Crippen LogP contribution in [0.5, 0.6) is 5.75 Å². The van der Waals surface area contributed by atoms with Gasteiger partial charge in [0.1, 0.15) is 11.6 Å². The highest BCUT2D eigenvalue weighted by atomic mass is 16.5. The number of hydrogen-bond donors (Lipinski definition) is 1. The maximum absolute atomic E-state index is 5.16. The van der Waals surface area contributed by atoms with Crippen molar-refractivity contribution in [2.75, 3.05) is 7.11 Å². The number of nitrogens with zero attached hydrogens (tertiary/aromatic N) is 2. The second-order valence-electron chi connectivity index (χ2n) is 4.56. The van der Waals surface area contributed by atoms with E-state index in [0.717, 1.165) is 28.4 Å². The van der Waals surface area contributed by atoms with Gasteiger partial charge in [-0.1, -0.05) is 0 Å². The van der Waals surface area contributed by atoms with Gasteiger partial charge in [-0.3, -0.25) is 4.98 Å². The van der Waals surface area contributed by atoms with Gasteiger partial charge in [-0.2, -0.15) is 0 Å². The molecule has 0 fully saturated rings. The van der Waals surface area contributed by atoms with Crippen molar-refractivity contribution in [3.05, 3.63) is 54.5 Å². The number of ether oxygens (including phenoxy) is 1. The quantitative estimate of drug-likeness (QED) is 0.789. The molecule has 4 heteroatoms. The zero-order valence-electron chi connectivity index (χ0n) is 11.4. The summed E-state index contributed by atoms with van der Waals surface area (Å²) in [7, 11) is 1.66. The number of imidazole rings is 1. The monoisotopic (exact) mass is 265 g/mol. The molecular weight excluding hydrogens is 250 g/mol. The van der Waals surface area contributed by atoms with Gasteiger partial charge in [0.25, 0.3) is 0 Å². The molecule has 3 aromatic rings. The number of H-pyrrole nitrogens is 1. The Morgan fingerprint density at radius 3 is 2.55 bits per heavy atom. The van der Waals surface area contributed by atoms with Gasteiger partial charge in [-0.15, -0.1) is 0 Å². The third-order valence-corrected chi connectivity index (χ3v) is 3.27. The Bertz CT molecular complexity index is 717. The Hall–Kier alpha value is -2.62. The molecule has 0 spiro atoms. The predicted molar refractivity (Wildman–Crippen MR) is 78.5 cm³/mol. The lowest BCUT2D eigenvalue weighted by Gasteiger charge is -2.02. The number of benzene rings is 1. The molecule has 1 aromatic carbocycles. The van der Waals surface area contributed by atoms with Crippen LogP contribution in [-0.2, 0) is 0 Å². The molecule has 0 aliphatic carbocycles. The van der Waals surface area contributed by atoms with Crippen LogP contribution in [0.25, 0.3) is 22.6 Å². The van der Waals surface area contributed by atoms with E-state index < -0.39 is 0 Å². The van der Waals surface area contributed by atoms with Crippen molar-refractivity contribution in [3.63, 3.8) is 0 Å². The van der Waals surface area contributed by atoms with E-state index in [9.17, 15) is 0 Å². The van der Waals surface area contributed by atoms with Gasteiger partial charge in [-0.25, -0.2) is 4.98 Å². The zero-order chi connectivity index (χ0) is 13.9. The summed E-state index contributed by atoms with van der Waals surface area (Å²) in [6.07, 6.45) is 5.48. The minimum Gasteiger partial charge on any atom is -0.497 e. The van der Waals surface area contributed by atoms with Crippen LogP contribution in [0.4, 0.5) is 0 Å². The molecular formula is C16H15N3O. The van der Waals surface area contributed by atoms with Crippen LogP contribution in [-0.4, -0.2) is 22.1 Å². The highest BCUT2D eigenvalue weighted by molar-refractivity contribution is 5.66. The Balaban J connectivity index is 1.95. The Labute approximate surface area is 117 Å². The normalized spacial score (nSPS) is 10.5. The minimum absolute atomic E-state index is 0.837. The van der Waals surface area contributed by atoms with Gasteiger partial charge in [0.05, 0.1) is 19.0 Å². The first-order valence-electron chi connectivity index (χ1n) is 6.38. The largest absolute Gasteiger partial charge is 0.497 e. The summed E-state index contributed by atoms with van der Waals surface area (Å²) in [4.78, 5) is 11.9. The number of pyridine rings is 1. The maximum Gasteiger partial charge on any atom is 0.137 e. The molecule has 0 aliphatic heterocycles. The van der Waals surface area contributed by atoms with Crippen LogP contribution in [0.2, 0.25) is 0 Å². The molecule has 100 valence electrons. The standard InChI is InChI=1S/C16H15N3O/c1-11-7-8-17-9-14(11)15-10-18-16(19-15)12-3-5-13(20-2)6-4-12/h3-10H,1-2H3,(H,18,19).